The van der Waals surface area contributed by atoms with Crippen molar-refractivity contribution in [2.45, 2.75) is 58.8 Å². The van der Waals surface area contributed by atoms with Crippen molar-refractivity contribution in [3.63, 3.8) is 0 Å². The Morgan fingerprint density at radius 2 is 1.83 bits per heavy atom. The number of nitrogens with zero attached hydrogens (tertiary/aromatic N) is 3. The van der Waals surface area contributed by atoms with Crippen LogP contribution in [0.1, 0.15) is 50.5 Å². The van der Waals surface area contributed by atoms with E-state index in [1.54, 1.807) is 40.4 Å². The number of aryl methyl sites for hydroxylation is 1. The van der Waals surface area contributed by atoms with Gasteiger partial charge < -0.3 is 19.7 Å². The van der Waals surface area contributed by atoms with E-state index in [-0.39, 0.29) is 11.9 Å². The molecule has 1 aromatic carbocycles. The number of likely N-dealkylation sites (tertiary alicyclic amines) is 1. The Labute approximate surface area is 206 Å². The fourth-order valence-corrected chi connectivity index (χ4v) is 3.89. The molecule has 188 valence electrons. The lowest BCUT2D eigenvalue weighted by Gasteiger charge is -2.50. The van der Waals surface area contributed by atoms with Crippen LogP contribution in [0.15, 0.2) is 42.7 Å². The van der Waals surface area contributed by atoms with Gasteiger partial charge in [-0.15, -0.1) is 0 Å². The number of pyridine rings is 1. The van der Waals surface area contributed by atoms with Gasteiger partial charge in [0.25, 0.3) is 5.91 Å². The molecule has 0 aliphatic carbocycles. The van der Waals surface area contributed by atoms with Crippen LogP contribution < -0.4 is 10.1 Å². The van der Waals surface area contributed by atoms with Gasteiger partial charge in [0.1, 0.15) is 5.60 Å². The average molecular weight is 483 g/mol. The molecule has 0 bridgehead atoms. The number of para-hydroxylation sites is 1. The van der Waals surface area contributed by atoms with Crippen molar-refractivity contribution in [3.8, 4) is 5.75 Å². The van der Waals surface area contributed by atoms with Crippen molar-refractivity contribution in [2.24, 2.45) is 0 Å². The number of rotatable bonds is 3. The minimum atomic E-state index is -0.747. The number of carbonyl (C=O) groups excluding carboxylic acids is 3. The number of aromatic nitrogens is 1. The molecule has 3 heterocycles. The zero-order valence-corrected chi connectivity index (χ0v) is 21.2. The Bertz CT molecular complexity index is 1060. The number of hydrogen-bond donors (Lipinski definition) is 1. The first-order chi connectivity index (χ1) is 16.4. The Kier molecular flexibility index (Phi) is 7.67. The molecule has 2 aliphatic heterocycles. The summed E-state index contributed by atoms with van der Waals surface area (Å²) in [6.07, 6.45) is 3.72. The molecule has 1 saturated heterocycles. The molecule has 0 unspecified atom stereocenters. The first-order valence-electron chi connectivity index (χ1n) is 11.6. The summed E-state index contributed by atoms with van der Waals surface area (Å²) in [5.74, 6) is 0.179. The standard InChI is InChI=1S/C20H27N3O5.C6H7N/c1-13(2)23-11-20(9-22(10-20)18(26)28-19(3,4)5)27-16-14(17(23)25)7-6-8-15(16)21-12-24;1-6-2-4-7-5-3-6/h6-8,12-13H,9-11H2,1-5H3,(H,21,24);2-5H,1H3. The molecule has 2 aliphatic rings. The third-order valence-corrected chi connectivity index (χ3v) is 5.58. The molecule has 1 spiro atoms. The predicted molar refractivity (Wildman–Crippen MR) is 132 cm³/mol. The summed E-state index contributed by atoms with van der Waals surface area (Å²) in [6.45, 7) is 12.3. The highest BCUT2D eigenvalue weighted by atomic mass is 16.6. The molecular weight excluding hydrogens is 448 g/mol. The fraction of sp³-hybridized carbons (Fsp3) is 0.462. The number of fused-ring (bicyclic) bond motifs is 1. The predicted octanol–water partition coefficient (Wildman–Crippen LogP) is 3.88. The molecule has 3 amide bonds. The molecule has 0 saturated carbocycles. The molecule has 1 fully saturated rings. The summed E-state index contributed by atoms with van der Waals surface area (Å²) < 4.78 is 11.7. The van der Waals surface area contributed by atoms with E-state index in [1.165, 1.54) is 5.56 Å². The van der Waals surface area contributed by atoms with Gasteiger partial charge in [-0.2, -0.15) is 0 Å². The van der Waals surface area contributed by atoms with Gasteiger partial charge >= 0.3 is 6.09 Å². The second-order valence-corrected chi connectivity index (χ2v) is 10.1. The minimum absolute atomic E-state index is 0.0443. The zero-order valence-electron chi connectivity index (χ0n) is 21.2. The maximum Gasteiger partial charge on any atom is 0.410 e. The van der Waals surface area contributed by atoms with Crippen molar-refractivity contribution in [3.05, 3.63) is 53.9 Å². The summed E-state index contributed by atoms with van der Waals surface area (Å²) in [6, 6.07) is 8.98. The van der Waals surface area contributed by atoms with Crippen LogP contribution in [-0.4, -0.2) is 70.1 Å². The average Bonchev–Trinajstić information content (AvgIpc) is 2.88. The van der Waals surface area contributed by atoms with Crippen LogP contribution in [0, 0.1) is 6.92 Å². The van der Waals surface area contributed by atoms with Gasteiger partial charge in [0.05, 0.1) is 30.9 Å². The van der Waals surface area contributed by atoms with E-state index in [0.29, 0.717) is 43.0 Å². The van der Waals surface area contributed by atoms with Gasteiger partial charge in [-0.25, -0.2) is 4.79 Å². The molecule has 4 rings (SSSR count). The van der Waals surface area contributed by atoms with E-state index in [9.17, 15) is 14.4 Å². The van der Waals surface area contributed by atoms with E-state index in [4.69, 9.17) is 9.47 Å². The van der Waals surface area contributed by atoms with Gasteiger partial charge in [0.15, 0.2) is 11.4 Å². The van der Waals surface area contributed by atoms with Crippen molar-refractivity contribution in [1.29, 1.82) is 0 Å². The monoisotopic (exact) mass is 482 g/mol. The number of anilines is 1. The van der Waals surface area contributed by atoms with Crippen LogP contribution in [-0.2, 0) is 9.53 Å². The largest absolute Gasteiger partial charge is 0.479 e. The maximum absolute atomic E-state index is 13.1. The van der Waals surface area contributed by atoms with Gasteiger partial charge in [0, 0.05) is 18.4 Å². The van der Waals surface area contributed by atoms with Crippen LogP contribution in [0.25, 0.3) is 0 Å². The zero-order chi connectivity index (χ0) is 25.8. The number of hydrogen-bond acceptors (Lipinski definition) is 6. The highest BCUT2D eigenvalue weighted by Crippen LogP contribution is 2.40. The van der Waals surface area contributed by atoms with Gasteiger partial charge in [-0.3, -0.25) is 19.5 Å². The lowest BCUT2D eigenvalue weighted by molar-refractivity contribution is -0.105. The maximum atomic E-state index is 13.1. The quantitative estimate of drug-likeness (QED) is 0.667. The summed E-state index contributed by atoms with van der Waals surface area (Å²) in [7, 11) is 0. The topological polar surface area (TPSA) is 101 Å². The summed E-state index contributed by atoms with van der Waals surface area (Å²) >= 11 is 0. The lowest BCUT2D eigenvalue weighted by Crippen LogP contribution is -2.70. The smallest absolute Gasteiger partial charge is 0.410 e. The molecule has 1 N–H and O–H groups in total. The fourth-order valence-electron chi connectivity index (χ4n) is 3.89. The van der Waals surface area contributed by atoms with Gasteiger partial charge in [0.2, 0.25) is 6.41 Å². The van der Waals surface area contributed by atoms with Crippen LogP contribution >= 0.6 is 0 Å². The summed E-state index contributed by atoms with van der Waals surface area (Å²) in [5.41, 5.74) is 0.755. The van der Waals surface area contributed by atoms with E-state index in [0.717, 1.165) is 0 Å². The number of amides is 3. The van der Waals surface area contributed by atoms with Crippen molar-refractivity contribution >= 4 is 24.1 Å². The first kappa shape index (κ1) is 26.0. The number of carbonyl (C=O) groups is 3. The van der Waals surface area contributed by atoms with E-state index < -0.39 is 17.3 Å². The third kappa shape index (κ3) is 6.29. The number of ether oxygens (including phenoxy) is 2. The normalized spacial score (nSPS) is 16.3. The number of benzene rings is 1. The SMILES string of the molecule is CC(C)N1CC2(CN(C(=O)OC(C)(C)C)C2)Oc2c(NC=O)cccc2C1=O.Cc1ccncc1. The lowest BCUT2D eigenvalue weighted by atomic mass is 9.93. The summed E-state index contributed by atoms with van der Waals surface area (Å²) in [4.78, 5) is 43.6. The van der Waals surface area contributed by atoms with Gasteiger partial charge in [-0.1, -0.05) is 6.07 Å². The third-order valence-electron chi connectivity index (χ3n) is 5.58. The Morgan fingerprint density at radius 3 is 2.34 bits per heavy atom. The second-order valence-electron chi connectivity index (χ2n) is 10.1. The minimum Gasteiger partial charge on any atom is -0.479 e. The molecule has 1 aromatic heterocycles. The first-order valence-corrected chi connectivity index (χ1v) is 11.6. The van der Waals surface area contributed by atoms with Gasteiger partial charge in [-0.05, 0) is 71.4 Å². The Balaban J connectivity index is 0.000000420. The molecule has 0 radical (unpaired) electrons. The van der Waals surface area contributed by atoms with Crippen molar-refractivity contribution in [2.75, 3.05) is 25.0 Å². The highest BCUT2D eigenvalue weighted by molar-refractivity contribution is 6.00. The van der Waals surface area contributed by atoms with Crippen LogP contribution in [0.2, 0.25) is 0 Å². The van der Waals surface area contributed by atoms with E-state index >= 15 is 0 Å². The van der Waals surface area contributed by atoms with Crippen LogP contribution in [0.4, 0.5) is 10.5 Å². The summed E-state index contributed by atoms with van der Waals surface area (Å²) in [5, 5.41) is 2.60. The molecule has 0 atom stereocenters. The van der Waals surface area contributed by atoms with Crippen molar-refractivity contribution < 1.29 is 23.9 Å². The molecule has 9 heteroatoms. The molecular formula is C26H34N4O5. The number of nitrogens with one attached hydrogen (secondary N) is 1. The molecule has 9 nitrogen and oxygen atoms in total. The Morgan fingerprint density at radius 1 is 1.17 bits per heavy atom. The molecule has 35 heavy (non-hydrogen) atoms. The molecule has 2 aromatic rings. The van der Waals surface area contributed by atoms with Crippen LogP contribution in [0.3, 0.4) is 0 Å². The van der Waals surface area contributed by atoms with E-state index in [2.05, 4.69) is 10.3 Å². The second kappa shape index (κ2) is 10.3. The van der Waals surface area contributed by atoms with E-state index in [1.807, 2.05) is 53.7 Å². The van der Waals surface area contributed by atoms with Crippen molar-refractivity contribution in [1.82, 2.24) is 14.8 Å². The van der Waals surface area contributed by atoms with Crippen LogP contribution in [0.5, 0.6) is 5.75 Å². The highest BCUT2D eigenvalue weighted by Gasteiger charge is 2.53. The Hall–Kier alpha value is -3.62.